The quantitative estimate of drug-likeness (QED) is 0.00893. The van der Waals surface area contributed by atoms with Gasteiger partial charge >= 0.3 is 23.9 Å². The Morgan fingerprint density at radius 2 is 0.915 bits per heavy atom. The van der Waals surface area contributed by atoms with Crippen LogP contribution >= 0.6 is 59.0 Å². The average Bonchev–Trinajstić information content (AvgIpc) is 1.62. The molecule has 0 aliphatic carbocycles. The van der Waals surface area contributed by atoms with Crippen molar-refractivity contribution in [1.82, 2.24) is 13.1 Å². The van der Waals surface area contributed by atoms with Crippen molar-refractivity contribution in [3.05, 3.63) is 286 Å². The molecule has 0 bridgehead atoms. The van der Waals surface area contributed by atoms with E-state index >= 15 is 0 Å². The fraction of sp³-hybridized carbons (Fsp3) is 0.239. The van der Waals surface area contributed by atoms with Crippen LogP contribution in [0.25, 0.3) is 0 Å². The SMILES string of the molecule is CC(C)(C)OC(=O)c1cccc(N)c1.CC(C)(C)OC(=O)c1cccc(N=C=S)c1.CC(C)(C)OC(=O)c1cccc(NC(=S)C(C#N)C(N)=O)c1.CC(CO)N=C(N)c1c(Nc2cccc(C(=O)N3c4ccccc4CC3C)c2)s[nH]c1=O.CC1Cc2ccccc2N1C(=O)c1cccc(Nc2s[nH]c(=O)c2C#N)c1.N#Cc1c(Nc2cccc(C(=O)O)c2)s[nH]c1=O. The van der Waals surface area contributed by atoms with Crippen LogP contribution in [0.2, 0.25) is 0 Å². The largest absolute Gasteiger partial charge is 0.478 e. The molecule has 0 radical (unpaired) electrons. The maximum absolute atomic E-state index is 13.3. The molecule has 0 saturated carbocycles. The number of amides is 3. The van der Waals surface area contributed by atoms with Crippen molar-refractivity contribution in [1.29, 1.82) is 15.8 Å². The molecule has 11 aromatic rings. The third-order valence-corrected chi connectivity index (χ3v) is 20.6. The molecule has 2 aliphatic rings. The number of nitrogens with one attached hydrogen (secondary N) is 7. The van der Waals surface area contributed by atoms with E-state index in [0.29, 0.717) is 76.9 Å². The molecular weight excluding hydrogens is 1740 g/mol. The number of nitrogen functional groups attached to an aromatic ring is 1. The van der Waals surface area contributed by atoms with Crippen LogP contribution in [0.15, 0.2) is 218 Å². The van der Waals surface area contributed by atoms with Gasteiger partial charge in [-0.05, 0) is 275 Å². The zero-order chi connectivity index (χ0) is 94.8. The van der Waals surface area contributed by atoms with Crippen LogP contribution in [-0.4, -0.2) is 122 Å². The smallest absolute Gasteiger partial charge is 0.338 e. The number of H-pyrrole nitrogens is 3. The predicted octanol–water partition coefficient (Wildman–Crippen LogP) is 15.9. The number of carboxylic acids is 1. The van der Waals surface area contributed by atoms with Crippen LogP contribution in [0.1, 0.15) is 173 Å². The average molecular weight is 1840 g/mol. The van der Waals surface area contributed by atoms with Gasteiger partial charge < -0.3 is 72.7 Å². The maximum atomic E-state index is 13.3. The molecule has 5 heterocycles. The van der Waals surface area contributed by atoms with Crippen LogP contribution in [0.5, 0.6) is 0 Å². The molecule has 37 heteroatoms. The molecular formula is C92H93N17O15S5. The number of aliphatic hydroxyl groups is 1. The minimum Gasteiger partial charge on any atom is -0.478 e. The number of aromatic carboxylic acids is 1. The summed E-state index contributed by atoms with van der Waals surface area (Å²) < 4.78 is 23.3. The fourth-order valence-corrected chi connectivity index (χ4v) is 14.8. The number of nitriles is 3. The van der Waals surface area contributed by atoms with E-state index in [0.717, 1.165) is 64.4 Å². The Hall–Kier alpha value is -14.9. The number of primary amides is 1. The van der Waals surface area contributed by atoms with Crippen LogP contribution in [0, 0.1) is 39.9 Å². The van der Waals surface area contributed by atoms with Crippen molar-refractivity contribution in [2.45, 2.75) is 131 Å². The van der Waals surface area contributed by atoms with E-state index in [1.807, 2.05) is 120 Å². The third-order valence-electron chi connectivity index (χ3n) is 17.8. The van der Waals surface area contributed by atoms with Gasteiger partial charge in [0.05, 0.1) is 51.8 Å². The molecule has 32 nitrogen and oxygen atoms in total. The molecule has 3 amide bonds. The lowest BCUT2D eigenvalue weighted by Gasteiger charge is -2.23. The summed E-state index contributed by atoms with van der Waals surface area (Å²) in [6, 6.07) is 61.3. The number of anilines is 10. The number of nitrogens with zero attached hydrogens (tertiary/aromatic N) is 7. The van der Waals surface area contributed by atoms with E-state index in [1.165, 1.54) is 23.8 Å². The van der Waals surface area contributed by atoms with E-state index in [2.05, 4.69) is 67.8 Å². The van der Waals surface area contributed by atoms with Crippen LogP contribution in [-0.2, 0) is 31.8 Å². The molecule has 2 aliphatic heterocycles. The van der Waals surface area contributed by atoms with Gasteiger partial charge in [0.25, 0.3) is 28.5 Å². The Labute approximate surface area is 765 Å². The number of amidine groups is 1. The lowest BCUT2D eigenvalue weighted by Crippen LogP contribution is -2.35. The Morgan fingerprint density at radius 1 is 0.535 bits per heavy atom. The lowest BCUT2D eigenvalue weighted by molar-refractivity contribution is -0.118. The van der Waals surface area contributed by atoms with Crippen molar-refractivity contribution < 1.29 is 58.0 Å². The Bertz CT molecular complexity index is 6380. The molecule has 0 saturated heterocycles. The van der Waals surface area contributed by atoms with Gasteiger partial charge in [-0.3, -0.25) is 46.9 Å². The molecule has 0 fully saturated rings. The van der Waals surface area contributed by atoms with Crippen molar-refractivity contribution >= 4 is 177 Å². The van der Waals surface area contributed by atoms with Crippen molar-refractivity contribution in [2.24, 2.45) is 27.4 Å². The van der Waals surface area contributed by atoms with Crippen molar-refractivity contribution in [3.8, 4) is 18.2 Å². The number of aromatic amines is 3. The highest BCUT2D eigenvalue weighted by Gasteiger charge is 2.34. The number of isothiocyanates is 1. The summed E-state index contributed by atoms with van der Waals surface area (Å²) in [5.41, 5.74) is 24.2. The van der Waals surface area contributed by atoms with Gasteiger partial charge in [0, 0.05) is 63.0 Å². The Morgan fingerprint density at radius 3 is 1.33 bits per heavy atom. The molecule has 4 atom stereocenters. The van der Waals surface area contributed by atoms with E-state index in [9.17, 15) is 53.1 Å². The number of carbonyl (C=O) groups is 7. The molecule has 666 valence electrons. The van der Waals surface area contributed by atoms with Crippen molar-refractivity contribution in [2.75, 3.05) is 43.4 Å². The number of para-hydroxylation sites is 2. The van der Waals surface area contributed by atoms with Gasteiger partial charge in [-0.2, -0.15) is 20.8 Å². The second-order valence-electron chi connectivity index (χ2n) is 31.5. The number of rotatable bonds is 19. The van der Waals surface area contributed by atoms with Crippen LogP contribution in [0.4, 0.5) is 60.5 Å². The van der Waals surface area contributed by atoms with Gasteiger partial charge in [0.1, 0.15) is 60.3 Å². The monoisotopic (exact) mass is 1840 g/mol. The number of carbonyl (C=O) groups excluding carboxylic acids is 6. The van der Waals surface area contributed by atoms with Gasteiger partial charge in [-0.25, -0.2) is 19.2 Å². The fourth-order valence-electron chi connectivity index (χ4n) is 12.2. The molecule has 129 heavy (non-hydrogen) atoms. The normalized spacial score (nSPS) is 13.2. The van der Waals surface area contributed by atoms with Gasteiger partial charge in [0.2, 0.25) is 5.91 Å². The van der Waals surface area contributed by atoms with Crippen LogP contribution in [0.3, 0.4) is 0 Å². The lowest BCUT2D eigenvalue weighted by atomic mass is 10.1. The minimum absolute atomic E-state index is 0.0132. The predicted molar refractivity (Wildman–Crippen MR) is 509 cm³/mol. The van der Waals surface area contributed by atoms with Crippen LogP contribution < -0.4 is 64.9 Å². The summed E-state index contributed by atoms with van der Waals surface area (Å²) in [4.78, 5) is 130. The number of fused-ring (bicyclic) bond motifs is 2. The number of benzene rings is 8. The van der Waals surface area contributed by atoms with E-state index < -0.39 is 57.7 Å². The molecule has 4 unspecified atom stereocenters. The highest BCUT2D eigenvalue weighted by atomic mass is 32.1. The summed E-state index contributed by atoms with van der Waals surface area (Å²) in [5.74, 6) is -4.38. The zero-order valence-corrected chi connectivity index (χ0v) is 76.1. The minimum atomic E-state index is -1.22. The standard InChI is InChI=1S/C23H25N5O3S.C20H16N4O2S.C15H17N3O3S.C12H13NO2S.C11H7N3O3S.C11H15NO2/c1-13(12-29)25-20(24)19-21(30)27-32-22(19)26-17-8-5-7-16(11-17)23(31)28-14(2)10-15-6-3-4-9-18(15)28;1-12-9-13-5-2-3-8-17(13)24(12)20(26)14-6-4-7-15(10-14)22-19-16(11-21)18(25)23-27-19;1-15(2,3)21-14(20)9-5-4-6-10(7-9)18-13(22)11(8-16)12(17)19;1-12(2,3)15-11(14)9-5-4-6-10(7-9)13-8-16;12-5-8-9(15)14-18-10(8)13-7-3-1-2-6(4-7)11(16)17;1-11(2,3)14-10(13)8-5-4-6-9(12)7-8/h3-9,11,13-14,26,29H,10,12H2,1-2H3,(H2,24,25)(H,27,30);2-8,10,12,22H,9H2,1H3,(H,23,25);4-7,11H,1-3H3,(H2,17,19)(H,18,22);4-7H,1-3H3;1-4,13H,(H,14,15)(H,16,17);4-7H,12H2,1-3H3. The summed E-state index contributed by atoms with van der Waals surface area (Å²) in [6.45, 7) is 21.9. The van der Waals surface area contributed by atoms with E-state index in [4.69, 9.17) is 64.5 Å². The highest BCUT2D eigenvalue weighted by Crippen LogP contribution is 2.37. The van der Waals surface area contributed by atoms with E-state index in [1.54, 1.807) is 161 Å². The molecule has 15 N–H and O–H groups in total. The number of aromatic nitrogens is 3. The summed E-state index contributed by atoms with van der Waals surface area (Å²) >= 11 is 12.6. The summed E-state index contributed by atoms with van der Waals surface area (Å²) in [6.07, 6.45) is 1.66. The Kier molecular flexibility index (Phi) is 35.0. The van der Waals surface area contributed by atoms with Gasteiger partial charge in [-0.15, -0.1) is 0 Å². The second-order valence-corrected chi connectivity index (χ2v) is 34.6. The summed E-state index contributed by atoms with van der Waals surface area (Å²) in [7, 11) is 0. The highest BCUT2D eigenvalue weighted by molar-refractivity contribution is 7.80. The Balaban J connectivity index is 0.000000196. The number of aliphatic imine (C=N–C) groups is 2. The number of nitrogens with two attached hydrogens (primary N) is 3. The maximum Gasteiger partial charge on any atom is 0.338 e. The molecule has 3 aromatic heterocycles. The first kappa shape index (κ1) is 99.6. The number of ether oxygens (including phenoxy) is 3. The zero-order valence-electron chi connectivity index (χ0n) is 72.0. The number of hydrogen-bond donors (Lipinski definition) is 12. The number of hydrogen-bond acceptors (Lipinski definition) is 28. The number of aliphatic hydroxyl groups excluding tert-OH is 1. The molecule has 0 spiro atoms. The number of carboxylic acid groups (broad SMARTS) is 1. The first-order valence-electron chi connectivity index (χ1n) is 39.4. The first-order valence-corrected chi connectivity index (χ1v) is 42.7. The molecule has 13 rings (SSSR count). The number of esters is 3. The topological polar surface area (TPSA) is 515 Å². The van der Waals surface area contributed by atoms with Gasteiger partial charge in [-0.1, -0.05) is 85.0 Å². The van der Waals surface area contributed by atoms with Gasteiger partial charge in [0.15, 0.2) is 17.0 Å². The number of thiocarbonyl (C=S) groups is 2. The van der Waals surface area contributed by atoms with Crippen molar-refractivity contribution in [3.63, 3.8) is 0 Å². The molecule has 8 aromatic carbocycles. The first-order chi connectivity index (χ1) is 61.0. The van der Waals surface area contributed by atoms with E-state index in [-0.39, 0.29) is 81.1 Å². The third kappa shape index (κ3) is 28.8. The second kappa shape index (κ2) is 45.3. The summed E-state index contributed by atoms with van der Waals surface area (Å²) in [5, 5.41) is 60.2.